The Labute approximate surface area is 200 Å². The number of aryl methyl sites for hydroxylation is 3. The first-order chi connectivity index (χ1) is 16.0. The van der Waals surface area contributed by atoms with Crippen LogP contribution in [0.2, 0.25) is 0 Å². The van der Waals surface area contributed by atoms with Gasteiger partial charge in [0.15, 0.2) is 5.11 Å². The molecule has 1 N–H and O–H groups in total. The molecule has 166 valence electrons. The molecule has 0 amide bonds. The van der Waals surface area contributed by atoms with E-state index in [4.69, 9.17) is 12.2 Å². The summed E-state index contributed by atoms with van der Waals surface area (Å²) in [5.74, 6) is 0. The molecule has 4 nitrogen and oxygen atoms in total. The summed E-state index contributed by atoms with van der Waals surface area (Å²) >= 11 is 5.89. The Balaban J connectivity index is 1.69. The Morgan fingerprint density at radius 2 is 1.61 bits per heavy atom. The summed E-state index contributed by atoms with van der Waals surface area (Å²) in [5, 5.41) is 4.30. The summed E-state index contributed by atoms with van der Waals surface area (Å²) < 4.78 is 2.36. The van der Waals surface area contributed by atoms with Crippen molar-refractivity contribution in [2.75, 3.05) is 4.90 Å². The van der Waals surface area contributed by atoms with E-state index in [1.807, 2.05) is 18.3 Å². The van der Waals surface area contributed by atoms with Gasteiger partial charge in [-0.1, -0.05) is 42.0 Å². The number of thiocarbonyl (C=S) groups is 1. The van der Waals surface area contributed by atoms with Crippen molar-refractivity contribution < 1.29 is 0 Å². The van der Waals surface area contributed by atoms with Crippen LogP contribution in [0.3, 0.4) is 0 Å². The third kappa shape index (κ3) is 3.72. The lowest BCUT2D eigenvalue weighted by Gasteiger charge is -2.28. The van der Waals surface area contributed by atoms with Crippen LogP contribution >= 0.6 is 12.2 Å². The molecule has 33 heavy (non-hydrogen) atoms. The Kier molecular flexibility index (Phi) is 5.51. The van der Waals surface area contributed by atoms with Crippen LogP contribution in [-0.4, -0.2) is 14.7 Å². The van der Waals surface area contributed by atoms with Crippen LogP contribution in [0.25, 0.3) is 5.69 Å². The number of nitrogens with zero attached hydrogens (tertiary/aromatic N) is 3. The molecule has 1 saturated heterocycles. The second-order valence-electron chi connectivity index (χ2n) is 8.78. The summed E-state index contributed by atoms with van der Waals surface area (Å²) in [5.41, 5.74) is 9.44. The van der Waals surface area contributed by atoms with Gasteiger partial charge in [-0.15, -0.1) is 0 Å². The van der Waals surface area contributed by atoms with E-state index >= 15 is 0 Å². The standard InChI is InChI=1S/C28H28N4S/c1-18-12-14-22(15-13-18)32-27(26(30-28(32)33)24-10-7-8-16-29-24)23-17-20(3)31(21(23)4)25-11-6-5-9-19(25)2/h5-17,26-27H,1-4H3,(H,30,33). The second kappa shape index (κ2) is 8.49. The molecule has 1 aliphatic rings. The Bertz CT molecular complexity index is 1310. The van der Waals surface area contributed by atoms with E-state index in [0.29, 0.717) is 0 Å². The van der Waals surface area contributed by atoms with Crippen molar-refractivity contribution in [3.63, 3.8) is 0 Å². The zero-order chi connectivity index (χ0) is 23.1. The summed E-state index contributed by atoms with van der Waals surface area (Å²) in [6, 6.07) is 25.4. The highest BCUT2D eigenvalue weighted by Crippen LogP contribution is 2.43. The van der Waals surface area contributed by atoms with Gasteiger partial charge >= 0.3 is 0 Å². The SMILES string of the molecule is Cc1ccc(N2C(=S)NC(c3ccccn3)C2c2cc(C)n(-c3ccccc3C)c2C)cc1. The van der Waals surface area contributed by atoms with Crippen molar-refractivity contribution in [1.29, 1.82) is 0 Å². The number of hydrogen-bond acceptors (Lipinski definition) is 2. The maximum atomic E-state index is 5.89. The van der Waals surface area contributed by atoms with Crippen molar-refractivity contribution >= 4 is 23.0 Å². The topological polar surface area (TPSA) is 33.1 Å². The maximum absolute atomic E-state index is 5.89. The summed E-state index contributed by atoms with van der Waals surface area (Å²) in [6.07, 6.45) is 1.85. The number of nitrogens with one attached hydrogen (secondary N) is 1. The molecule has 2 atom stereocenters. The van der Waals surface area contributed by atoms with Crippen molar-refractivity contribution in [2.24, 2.45) is 0 Å². The van der Waals surface area contributed by atoms with Gasteiger partial charge in [-0.05, 0) is 87.4 Å². The molecule has 3 heterocycles. The molecule has 4 aromatic rings. The molecule has 0 spiro atoms. The van der Waals surface area contributed by atoms with Crippen LogP contribution in [0.15, 0.2) is 79.0 Å². The minimum atomic E-state index is -0.0502. The summed E-state index contributed by atoms with van der Waals surface area (Å²) in [4.78, 5) is 6.94. The van der Waals surface area contributed by atoms with Gasteiger partial charge in [-0.3, -0.25) is 4.98 Å². The number of rotatable bonds is 4. The molecule has 0 radical (unpaired) electrons. The molecular weight excluding hydrogens is 424 g/mol. The third-order valence-electron chi connectivity index (χ3n) is 6.56. The Hall–Kier alpha value is -3.44. The minimum Gasteiger partial charge on any atom is -0.351 e. The lowest BCUT2D eigenvalue weighted by atomic mass is 9.96. The molecule has 5 rings (SSSR count). The molecule has 2 aromatic heterocycles. The molecule has 0 bridgehead atoms. The van der Waals surface area contributed by atoms with E-state index in [-0.39, 0.29) is 12.1 Å². The van der Waals surface area contributed by atoms with Gasteiger partial charge in [0.2, 0.25) is 0 Å². The average Bonchev–Trinajstić information content (AvgIpc) is 3.31. The second-order valence-corrected chi connectivity index (χ2v) is 9.17. The van der Waals surface area contributed by atoms with Gasteiger partial charge in [0.25, 0.3) is 0 Å². The lowest BCUT2D eigenvalue weighted by molar-refractivity contribution is 0.565. The van der Waals surface area contributed by atoms with E-state index in [1.54, 1.807) is 0 Å². The zero-order valence-corrected chi connectivity index (χ0v) is 20.2. The highest BCUT2D eigenvalue weighted by Gasteiger charge is 2.42. The predicted molar refractivity (Wildman–Crippen MR) is 139 cm³/mol. The quantitative estimate of drug-likeness (QED) is 0.369. The molecular formula is C28H28N4S. The van der Waals surface area contributed by atoms with Crippen LogP contribution in [-0.2, 0) is 0 Å². The Morgan fingerprint density at radius 1 is 0.879 bits per heavy atom. The zero-order valence-electron chi connectivity index (χ0n) is 19.4. The number of para-hydroxylation sites is 1. The van der Waals surface area contributed by atoms with E-state index in [1.165, 1.54) is 33.8 Å². The first-order valence-electron chi connectivity index (χ1n) is 11.3. The number of aromatic nitrogens is 2. The fourth-order valence-electron chi connectivity index (χ4n) is 4.93. The highest BCUT2D eigenvalue weighted by atomic mass is 32.1. The smallest absolute Gasteiger partial charge is 0.174 e. The predicted octanol–water partition coefficient (Wildman–Crippen LogP) is 6.28. The largest absolute Gasteiger partial charge is 0.351 e. The van der Waals surface area contributed by atoms with Gasteiger partial charge in [-0.25, -0.2) is 0 Å². The van der Waals surface area contributed by atoms with Gasteiger partial charge in [0.05, 0.1) is 17.8 Å². The number of anilines is 1. The van der Waals surface area contributed by atoms with Crippen LogP contribution in [0.5, 0.6) is 0 Å². The van der Waals surface area contributed by atoms with Crippen LogP contribution < -0.4 is 10.2 Å². The van der Waals surface area contributed by atoms with Crippen molar-refractivity contribution in [3.05, 3.63) is 113 Å². The summed E-state index contributed by atoms with van der Waals surface area (Å²) in [7, 11) is 0. The summed E-state index contributed by atoms with van der Waals surface area (Å²) in [6.45, 7) is 8.65. The molecule has 2 unspecified atom stereocenters. The monoisotopic (exact) mass is 452 g/mol. The molecule has 1 fully saturated rings. The fraction of sp³-hybridized carbons (Fsp3) is 0.214. The maximum Gasteiger partial charge on any atom is 0.174 e. The van der Waals surface area contributed by atoms with Crippen molar-refractivity contribution in [3.8, 4) is 5.69 Å². The number of pyridine rings is 1. The third-order valence-corrected chi connectivity index (χ3v) is 6.87. The van der Waals surface area contributed by atoms with E-state index in [2.05, 4.69) is 108 Å². The van der Waals surface area contributed by atoms with Gasteiger partial charge in [0, 0.05) is 29.0 Å². The first kappa shape index (κ1) is 21.4. The van der Waals surface area contributed by atoms with Crippen molar-refractivity contribution in [2.45, 2.75) is 39.8 Å². The minimum absolute atomic E-state index is 0.0147. The average molecular weight is 453 g/mol. The fourth-order valence-corrected chi connectivity index (χ4v) is 5.27. The van der Waals surface area contributed by atoms with Gasteiger partial charge in [0.1, 0.15) is 0 Å². The molecule has 5 heteroatoms. The van der Waals surface area contributed by atoms with E-state index < -0.39 is 0 Å². The van der Waals surface area contributed by atoms with Gasteiger partial charge < -0.3 is 14.8 Å². The van der Waals surface area contributed by atoms with E-state index in [9.17, 15) is 0 Å². The molecule has 0 aliphatic carbocycles. The lowest BCUT2D eigenvalue weighted by Crippen LogP contribution is -2.29. The van der Waals surface area contributed by atoms with Crippen LogP contribution in [0, 0.1) is 27.7 Å². The Morgan fingerprint density at radius 3 is 2.30 bits per heavy atom. The number of benzene rings is 2. The van der Waals surface area contributed by atoms with Gasteiger partial charge in [-0.2, -0.15) is 0 Å². The van der Waals surface area contributed by atoms with Crippen molar-refractivity contribution in [1.82, 2.24) is 14.9 Å². The van der Waals surface area contributed by atoms with Crippen LogP contribution in [0.4, 0.5) is 5.69 Å². The molecule has 0 saturated carbocycles. The number of hydrogen-bond donors (Lipinski definition) is 1. The highest BCUT2D eigenvalue weighted by molar-refractivity contribution is 7.80. The molecule has 1 aliphatic heterocycles. The van der Waals surface area contributed by atoms with E-state index in [0.717, 1.165) is 16.5 Å². The molecule has 2 aromatic carbocycles. The van der Waals surface area contributed by atoms with Crippen LogP contribution in [0.1, 0.15) is 45.9 Å². The first-order valence-corrected chi connectivity index (χ1v) is 11.7. The normalized spacial score (nSPS) is 17.9.